The maximum Gasteiger partial charge on any atom is 0.341 e. The lowest BCUT2D eigenvalue weighted by molar-refractivity contribution is -0.139. The van der Waals surface area contributed by atoms with Crippen LogP contribution in [0.1, 0.15) is 34.9 Å². The molecule has 0 bridgehead atoms. The lowest BCUT2D eigenvalue weighted by atomic mass is 9.80. The minimum Gasteiger partial charge on any atom is -0.482 e. The average molecular weight is 559 g/mol. The number of carbonyl (C=O) groups is 1. The van der Waals surface area contributed by atoms with Crippen LogP contribution in [-0.2, 0) is 19.9 Å². The van der Waals surface area contributed by atoms with E-state index in [0.717, 1.165) is 16.7 Å². The van der Waals surface area contributed by atoms with Gasteiger partial charge in [0.05, 0.1) is 12.7 Å². The second kappa shape index (κ2) is 11.9. The molecule has 10 heteroatoms. The van der Waals surface area contributed by atoms with Crippen LogP contribution >= 0.6 is 0 Å². The predicted octanol–water partition coefficient (Wildman–Crippen LogP) is 2.97. The number of benzene rings is 3. The molecule has 1 aliphatic rings. The van der Waals surface area contributed by atoms with Gasteiger partial charge in [-0.05, 0) is 35.7 Å². The van der Waals surface area contributed by atoms with Gasteiger partial charge in [0.15, 0.2) is 6.61 Å². The first-order chi connectivity index (χ1) is 19.8. The van der Waals surface area contributed by atoms with E-state index < -0.39 is 47.9 Å². The van der Waals surface area contributed by atoms with E-state index in [2.05, 4.69) is 4.98 Å². The van der Waals surface area contributed by atoms with Gasteiger partial charge in [-0.1, -0.05) is 72.8 Å². The van der Waals surface area contributed by atoms with Crippen molar-refractivity contribution in [3.63, 3.8) is 0 Å². The number of ether oxygens (including phenoxy) is 3. The number of aromatic amines is 1. The second-order valence-corrected chi connectivity index (χ2v) is 9.84. The number of rotatable bonds is 10. The Morgan fingerprint density at radius 2 is 1.56 bits per heavy atom. The van der Waals surface area contributed by atoms with Gasteiger partial charge < -0.3 is 24.4 Å². The number of hydrogen-bond acceptors (Lipinski definition) is 7. The topological polar surface area (TPSA) is 140 Å². The molecular formula is C31H30N2O8. The quantitative estimate of drug-likeness (QED) is 0.253. The summed E-state index contributed by atoms with van der Waals surface area (Å²) in [6, 6.07) is 26.2. The molecule has 2 heterocycles. The van der Waals surface area contributed by atoms with E-state index in [1.807, 2.05) is 72.8 Å². The van der Waals surface area contributed by atoms with Gasteiger partial charge in [0.2, 0.25) is 0 Å². The zero-order valence-corrected chi connectivity index (χ0v) is 22.3. The summed E-state index contributed by atoms with van der Waals surface area (Å²) >= 11 is 0. The number of carboxylic acids is 1. The summed E-state index contributed by atoms with van der Waals surface area (Å²) in [5.41, 5.74) is 0.510. The number of nitrogens with zero attached hydrogens (tertiary/aromatic N) is 1. The molecule has 1 fully saturated rings. The third-order valence-electron chi connectivity index (χ3n) is 7.11. The first-order valence-corrected chi connectivity index (χ1v) is 13.1. The molecule has 3 aromatic carbocycles. The van der Waals surface area contributed by atoms with Crippen molar-refractivity contribution in [3.8, 4) is 5.75 Å². The van der Waals surface area contributed by atoms with Crippen LogP contribution in [0.5, 0.6) is 5.75 Å². The van der Waals surface area contributed by atoms with Crippen LogP contribution in [0.2, 0.25) is 0 Å². The summed E-state index contributed by atoms with van der Waals surface area (Å²) < 4.78 is 19.5. The summed E-state index contributed by atoms with van der Waals surface area (Å²) in [7, 11) is 0. The molecule has 3 unspecified atom stereocenters. The van der Waals surface area contributed by atoms with Gasteiger partial charge in [-0.15, -0.1) is 0 Å². The van der Waals surface area contributed by atoms with Crippen molar-refractivity contribution in [2.24, 2.45) is 0 Å². The maximum absolute atomic E-state index is 12.4. The van der Waals surface area contributed by atoms with Crippen molar-refractivity contribution in [2.45, 2.75) is 37.4 Å². The Hall–Kier alpha value is -4.51. The molecule has 1 aliphatic heterocycles. The molecule has 1 aromatic heterocycles. The molecule has 4 aromatic rings. The lowest BCUT2D eigenvalue weighted by Gasteiger charge is -2.37. The van der Waals surface area contributed by atoms with Crippen LogP contribution in [0.4, 0.5) is 0 Å². The molecule has 0 aliphatic carbocycles. The van der Waals surface area contributed by atoms with E-state index in [4.69, 9.17) is 19.3 Å². The van der Waals surface area contributed by atoms with Crippen LogP contribution in [0, 0.1) is 6.92 Å². The van der Waals surface area contributed by atoms with Crippen molar-refractivity contribution in [2.75, 3.05) is 13.2 Å². The summed E-state index contributed by atoms with van der Waals surface area (Å²) in [5, 5.41) is 19.9. The monoisotopic (exact) mass is 558 g/mol. The van der Waals surface area contributed by atoms with Crippen molar-refractivity contribution >= 4 is 5.97 Å². The Morgan fingerprint density at radius 3 is 2.15 bits per heavy atom. The number of aliphatic hydroxyl groups excluding tert-OH is 1. The number of carboxylic acid groups (broad SMARTS) is 1. The number of aryl methyl sites for hydroxylation is 1. The average Bonchev–Trinajstić information content (AvgIpc) is 3.35. The molecule has 0 amide bonds. The molecule has 0 saturated carbocycles. The second-order valence-electron chi connectivity index (χ2n) is 9.84. The Morgan fingerprint density at radius 1 is 0.976 bits per heavy atom. The Kier molecular flexibility index (Phi) is 8.16. The van der Waals surface area contributed by atoms with Crippen molar-refractivity contribution in [3.05, 3.63) is 134 Å². The number of aromatic nitrogens is 2. The smallest absolute Gasteiger partial charge is 0.341 e. The molecule has 0 radical (unpaired) electrons. The molecule has 212 valence electrons. The SMILES string of the molecule is Cc1cn(C2CC(O)C(COC(c3ccccc3)(c3ccccc3)c3ccc(OCC(=O)O)cc3)O2)c(=O)[nH]c1=O. The number of aliphatic hydroxyl groups is 1. The summed E-state index contributed by atoms with van der Waals surface area (Å²) in [6.45, 7) is 1.09. The van der Waals surface area contributed by atoms with Crippen molar-refractivity contribution < 1.29 is 29.2 Å². The third kappa shape index (κ3) is 5.85. The first kappa shape index (κ1) is 28.0. The van der Waals surface area contributed by atoms with E-state index in [1.54, 1.807) is 19.1 Å². The summed E-state index contributed by atoms with van der Waals surface area (Å²) in [4.78, 5) is 37.5. The lowest BCUT2D eigenvalue weighted by Crippen LogP contribution is -2.38. The minimum absolute atomic E-state index is 0.0319. The standard InChI is InChI=1S/C31H30N2O8/c1-20-17-33(30(38)32-29(20)37)27-16-25(34)26(41-27)18-40-31(21-8-4-2-5-9-21,22-10-6-3-7-11-22)23-12-14-24(15-13-23)39-19-28(35)36/h2-15,17,25-27,34H,16,18-19H2,1H3,(H,35,36)(H,32,37,38). The highest BCUT2D eigenvalue weighted by atomic mass is 16.6. The summed E-state index contributed by atoms with van der Waals surface area (Å²) in [5.74, 6) is -0.682. The highest BCUT2D eigenvalue weighted by Gasteiger charge is 2.42. The fourth-order valence-corrected chi connectivity index (χ4v) is 5.07. The predicted molar refractivity (Wildman–Crippen MR) is 149 cm³/mol. The van der Waals surface area contributed by atoms with Crippen LogP contribution < -0.4 is 16.0 Å². The molecule has 3 atom stereocenters. The fourth-order valence-electron chi connectivity index (χ4n) is 5.07. The highest BCUT2D eigenvalue weighted by molar-refractivity contribution is 5.68. The van der Waals surface area contributed by atoms with Crippen LogP contribution in [0.25, 0.3) is 0 Å². The van der Waals surface area contributed by atoms with E-state index in [9.17, 15) is 19.5 Å². The molecule has 0 spiro atoms. The van der Waals surface area contributed by atoms with Gasteiger partial charge in [0.25, 0.3) is 5.56 Å². The van der Waals surface area contributed by atoms with Gasteiger partial charge in [-0.2, -0.15) is 0 Å². The van der Waals surface area contributed by atoms with Crippen LogP contribution in [0.15, 0.2) is 101 Å². The zero-order chi connectivity index (χ0) is 29.0. The van der Waals surface area contributed by atoms with Crippen molar-refractivity contribution in [1.29, 1.82) is 0 Å². The van der Waals surface area contributed by atoms with E-state index >= 15 is 0 Å². The summed E-state index contributed by atoms with van der Waals surface area (Å²) in [6.07, 6.45) is -0.929. The largest absolute Gasteiger partial charge is 0.482 e. The first-order valence-electron chi connectivity index (χ1n) is 13.1. The highest BCUT2D eigenvalue weighted by Crippen LogP contribution is 2.42. The van der Waals surface area contributed by atoms with Gasteiger partial charge in [-0.3, -0.25) is 14.3 Å². The fraction of sp³-hybridized carbons (Fsp3) is 0.258. The molecular weight excluding hydrogens is 528 g/mol. The van der Waals surface area contributed by atoms with Gasteiger partial charge in [0, 0.05) is 18.2 Å². The normalized spacial score (nSPS) is 18.7. The van der Waals surface area contributed by atoms with E-state index in [0.29, 0.717) is 11.3 Å². The van der Waals surface area contributed by atoms with Crippen LogP contribution in [-0.4, -0.2) is 51.2 Å². The molecule has 10 nitrogen and oxygen atoms in total. The van der Waals surface area contributed by atoms with Gasteiger partial charge in [-0.25, -0.2) is 9.59 Å². The van der Waals surface area contributed by atoms with E-state index in [-0.39, 0.29) is 13.0 Å². The Bertz CT molecular complexity index is 1560. The number of nitrogens with one attached hydrogen (secondary N) is 1. The number of aliphatic carboxylic acids is 1. The van der Waals surface area contributed by atoms with E-state index in [1.165, 1.54) is 10.8 Å². The third-order valence-corrected chi connectivity index (χ3v) is 7.11. The molecule has 3 N–H and O–H groups in total. The molecule has 5 rings (SSSR count). The zero-order valence-electron chi connectivity index (χ0n) is 22.3. The van der Waals surface area contributed by atoms with Gasteiger partial charge >= 0.3 is 11.7 Å². The Labute approximate surface area is 235 Å². The number of hydrogen-bond donors (Lipinski definition) is 3. The minimum atomic E-state index is -1.14. The molecule has 1 saturated heterocycles. The van der Waals surface area contributed by atoms with Gasteiger partial charge in [0.1, 0.15) is 23.7 Å². The molecule has 41 heavy (non-hydrogen) atoms. The number of H-pyrrole nitrogens is 1. The van der Waals surface area contributed by atoms with Crippen molar-refractivity contribution in [1.82, 2.24) is 9.55 Å². The Balaban J connectivity index is 1.50. The maximum atomic E-state index is 12.4. The van der Waals surface area contributed by atoms with Crippen LogP contribution in [0.3, 0.4) is 0 Å².